The highest BCUT2D eigenvalue weighted by molar-refractivity contribution is 5.76. The van der Waals surface area contributed by atoms with E-state index in [2.05, 4.69) is 67.8 Å². The van der Waals surface area contributed by atoms with Crippen molar-refractivity contribution in [2.24, 2.45) is 0 Å². The average Bonchev–Trinajstić information content (AvgIpc) is 2.45. The van der Waals surface area contributed by atoms with Crippen molar-refractivity contribution < 1.29 is 64.6 Å². The van der Waals surface area contributed by atoms with E-state index < -0.39 is 86.8 Å². The Kier molecular flexibility index (Phi) is 54.8. The fraction of sp³-hybridized carbons (Fsp3) is 0.878. The van der Waals surface area contributed by atoms with Gasteiger partial charge in [-0.15, -0.1) is 0 Å². The van der Waals surface area contributed by atoms with Crippen molar-refractivity contribution in [3.05, 3.63) is 48.6 Å². The number of aliphatic hydroxyl groups is 8. The number of carbonyl (C=O) groups is 1. The number of unbranched alkanes of at least 4 members (excludes halogenated alkanes) is 40. The lowest BCUT2D eigenvalue weighted by atomic mass is 9.97. The van der Waals surface area contributed by atoms with Crippen LogP contribution < -0.4 is 5.32 Å². The summed E-state index contributed by atoms with van der Waals surface area (Å²) in [4.78, 5) is 13.3. The van der Waals surface area contributed by atoms with Gasteiger partial charge in [-0.05, 0) is 51.4 Å². The van der Waals surface area contributed by atoms with E-state index in [0.717, 1.165) is 77.0 Å². The number of allylic oxidation sites excluding steroid dienone is 8. The Morgan fingerprint density at radius 1 is 0.420 bits per heavy atom. The molecule has 2 aliphatic heterocycles. The molecular formula is C74H137NO13. The predicted molar refractivity (Wildman–Crippen MR) is 360 cm³/mol. The molecule has 88 heavy (non-hydrogen) atoms. The second-order valence-electron chi connectivity index (χ2n) is 26.0. The van der Waals surface area contributed by atoms with Crippen LogP contribution in [-0.2, 0) is 23.7 Å². The first-order valence-corrected chi connectivity index (χ1v) is 36.9. The van der Waals surface area contributed by atoms with E-state index in [9.17, 15) is 45.6 Å². The van der Waals surface area contributed by atoms with E-state index >= 15 is 0 Å². The van der Waals surface area contributed by atoms with Crippen molar-refractivity contribution in [1.82, 2.24) is 5.32 Å². The molecule has 0 radical (unpaired) electrons. The first-order valence-electron chi connectivity index (χ1n) is 36.9. The minimum Gasteiger partial charge on any atom is -0.394 e. The maximum atomic E-state index is 13.3. The molecule has 12 atom stereocenters. The molecule has 2 fully saturated rings. The number of ether oxygens (including phenoxy) is 4. The minimum absolute atomic E-state index is 0.201. The topological polar surface area (TPSA) is 228 Å². The van der Waals surface area contributed by atoms with Gasteiger partial charge in [0.05, 0.1) is 32.0 Å². The smallest absolute Gasteiger partial charge is 0.220 e. The van der Waals surface area contributed by atoms with Crippen LogP contribution in [-0.4, -0.2) is 140 Å². The third-order valence-corrected chi connectivity index (χ3v) is 18.1. The van der Waals surface area contributed by atoms with Crippen molar-refractivity contribution in [3.8, 4) is 0 Å². The SMILES string of the molecule is CC/C=C\C/C=C\C/C=C\C/C=C\CCCCCCCCCCCCCCCCCCCCCCCCCCCCCCC(=O)NC(COC1OC(CO)C(OC2OC(CO)C(O)C(O)C2O)C(O)C1O)C(O)CCCCCCCCCCCCCCC. The van der Waals surface area contributed by atoms with Crippen molar-refractivity contribution in [1.29, 1.82) is 0 Å². The van der Waals surface area contributed by atoms with E-state index in [4.69, 9.17) is 18.9 Å². The molecule has 0 bridgehead atoms. The van der Waals surface area contributed by atoms with Crippen LogP contribution in [0.15, 0.2) is 48.6 Å². The van der Waals surface area contributed by atoms with Crippen molar-refractivity contribution >= 4 is 5.91 Å². The highest BCUT2D eigenvalue weighted by atomic mass is 16.7. The quantitative estimate of drug-likeness (QED) is 0.0204. The molecular weight excluding hydrogens is 1110 g/mol. The van der Waals surface area contributed by atoms with Gasteiger partial charge in [-0.25, -0.2) is 0 Å². The molecule has 2 heterocycles. The van der Waals surface area contributed by atoms with Crippen molar-refractivity contribution in [3.63, 3.8) is 0 Å². The zero-order valence-electron chi connectivity index (χ0n) is 56.2. The van der Waals surface area contributed by atoms with E-state index in [1.54, 1.807) is 0 Å². The van der Waals surface area contributed by atoms with E-state index in [1.807, 2.05) is 0 Å². The van der Waals surface area contributed by atoms with Crippen molar-refractivity contribution in [2.75, 3.05) is 19.8 Å². The van der Waals surface area contributed by atoms with Crippen LogP contribution in [0.3, 0.4) is 0 Å². The lowest BCUT2D eigenvalue weighted by Crippen LogP contribution is -2.65. The molecule has 0 aromatic heterocycles. The number of nitrogens with one attached hydrogen (secondary N) is 1. The summed E-state index contributed by atoms with van der Waals surface area (Å²) in [5.74, 6) is -0.201. The molecule has 9 N–H and O–H groups in total. The number of aliphatic hydroxyl groups excluding tert-OH is 8. The largest absolute Gasteiger partial charge is 0.394 e. The molecule has 0 aromatic carbocycles. The molecule has 14 heteroatoms. The maximum Gasteiger partial charge on any atom is 0.220 e. The maximum absolute atomic E-state index is 13.3. The number of hydrogen-bond donors (Lipinski definition) is 9. The van der Waals surface area contributed by atoms with Gasteiger partial charge in [0.25, 0.3) is 0 Å². The number of carbonyl (C=O) groups excluding carboxylic acids is 1. The summed E-state index contributed by atoms with van der Waals surface area (Å²) in [6.45, 7) is 2.77. The zero-order chi connectivity index (χ0) is 63.8. The Bertz CT molecular complexity index is 1660. The van der Waals surface area contributed by atoms with Crippen molar-refractivity contribution in [2.45, 2.75) is 396 Å². The summed E-state index contributed by atoms with van der Waals surface area (Å²) in [7, 11) is 0. The molecule has 2 rings (SSSR count). The Labute approximate surface area is 537 Å². The molecule has 516 valence electrons. The van der Waals surface area contributed by atoms with Gasteiger partial charge >= 0.3 is 0 Å². The summed E-state index contributed by atoms with van der Waals surface area (Å²) < 4.78 is 22.9. The van der Waals surface area contributed by atoms with Gasteiger partial charge in [0.2, 0.25) is 5.91 Å². The van der Waals surface area contributed by atoms with E-state index in [1.165, 1.54) is 218 Å². The average molecular weight is 1250 g/mol. The van der Waals surface area contributed by atoms with Gasteiger partial charge < -0.3 is 65.1 Å². The molecule has 1 amide bonds. The molecule has 14 nitrogen and oxygen atoms in total. The van der Waals surface area contributed by atoms with E-state index in [0.29, 0.717) is 12.8 Å². The van der Waals surface area contributed by atoms with Gasteiger partial charge in [0, 0.05) is 6.42 Å². The number of rotatable bonds is 61. The molecule has 2 aliphatic rings. The van der Waals surface area contributed by atoms with Crippen LogP contribution in [0.25, 0.3) is 0 Å². The monoisotopic (exact) mass is 1250 g/mol. The minimum atomic E-state index is -1.78. The molecule has 0 aromatic rings. The first kappa shape index (κ1) is 82.0. The van der Waals surface area contributed by atoms with Crippen LogP contribution in [0.1, 0.15) is 322 Å². The Morgan fingerprint density at radius 3 is 1.20 bits per heavy atom. The highest BCUT2D eigenvalue weighted by Crippen LogP contribution is 2.30. The predicted octanol–water partition coefficient (Wildman–Crippen LogP) is 15.5. The molecule has 0 aliphatic carbocycles. The third kappa shape index (κ3) is 42.2. The highest BCUT2D eigenvalue weighted by Gasteiger charge is 2.51. The van der Waals surface area contributed by atoms with Gasteiger partial charge in [-0.1, -0.05) is 313 Å². The Balaban J connectivity index is 1.51. The standard InChI is InChI=1S/C74H137NO13/c1-3-5-7-9-11-13-15-17-18-19-20-21-22-23-24-25-26-27-28-29-30-31-32-33-34-35-36-37-38-39-40-41-42-43-44-46-48-50-52-54-56-58-66(79)75-62(63(78)57-55-53-51-49-47-45-16-14-12-10-8-6-4-2)61-85-73-71(84)69(82)72(65(60-77)87-73)88-74-70(83)68(81)67(80)64(59-76)86-74/h5,7,11,13,17-18,20-21,62-65,67-74,76-78,80-84H,3-4,6,8-10,12,14-16,19,22-61H2,1-2H3,(H,75,79)/b7-5-,13-11-,18-17-,21-20-. The summed E-state index contributed by atoms with van der Waals surface area (Å²) in [6.07, 6.45) is 60.3. The third-order valence-electron chi connectivity index (χ3n) is 18.1. The fourth-order valence-corrected chi connectivity index (χ4v) is 12.2. The molecule has 12 unspecified atom stereocenters. The van der Waals surface area contributed by atoms with Crippen LogP contribution >= 0.6 is 0 Å². The Morgan fingerprint density at radius 2 is 0.784 bits per heavy atom. The van der Waals surface area contributed by atoms with Crippen LogP contribution in [0.4, 0.5) is 0 Å². The van der Waals surface area contributed by atoms with Gasteiger partial charge in [-0.2, -0.15) is 0 Å². The normalized spacial score (nSPS) is 23.4. The lowest BCUT2D eigenvalue weighted by Gasteiger charge is -2.46. The number of hydrogen-bond acceptors (Lipinski definition) is 13. The van der Waals surface area contributed by atoms with E-state index in [-0.39, 0.29) is 12.5 Å². The van der Waals surface area contributed by atoms with Crippen LogP contribution in [0.2, 0.25) is 0 Å². The summed E-state index contributed by atoms with van der Waals surface area (Å²) in [5.41, 5.74) is 0. The summed E-state index contributed by atoms with van der Waals surface area (Å²) in [5, 5.41) is 87.4. The van der Waals surface area contributed by atoms with Crippen LogP contribution in [0.5, 0.6) is 0 Å². The Hall–Kier alpha value is -2.05. The van der Waals surface area contributed by atoms with Gasteiger partial charge in [0.15, 0.2) is 12.6 Å². The van der Waals surface area contributed by atoms with Crippen LogP contribution in [0, 0.1) is 0 Å². The molecule has 0 saturated carbocycles. The molecule has 2 saturated heterocycles. The second-order valence-corrected chi connectivity index (χ2v) is 26.0. The summed E-state index contributed by atoms with van der Waals surface area (Å²) >= 11 is 0. The zero-order valence-corrected chi connectivity index (χ0v) is 56.2. The van der Waals surface area contributed by atoms with Gasteiger partial charge in [-0.3, -0.25) is 4.79 Å². The fourth-order valence-electron chi connectivity index (χ4n) is 12.2. The first-order chi connectivity index (χ1) is 43.1. The lowest BCUT2D eigenvalue weighted by molar-refractivity contribution is -0.359. The number of amides is 1. The second kappa shape index (κ2) is 58.7. The summed E-state index contributed by atoms with van der Waals surface area (Å²) in [6, 6.07) is -0.826. The van der Waals surface area contributed by atoms with Gasteiger partial charge in [0.1, 0.15) is 48.8 Å². The molecule has 0 spiro atoms.